The van der Waals surface area contributed by atoms with Crippen molar-refractivity contribution >= 4 is 17.5 Å². The maximum absolute atomic E-state index is 13.1. The molecule has 1 atom stereocenters. The molecule has 3 aromatic rings. The fourth-order valence-electron chi connectivity index (χ4n) is 3.37. The Morgan fingerprint density at radius 1 is 1.17 bits per heavy atom. The summed E-state index contributed by atoms with van der Waals surface area (Å²) >= 11 is 0. The summed E-state index contributed by atoms with van der Waals surface area (Å²) in [7, 11) is 1.63. The van der Waals surface area contributed by atoms with Crippen LogP contribution in [0.4, 0.5) is 5.69 Å². The number of para-hydroxylation sites is 1. The molecule has 1 aliphatic rings. The predicted molar refractivity (Wildman–Crippen MR) is 132 cm³/mol. The number of ether oxygens (including phenoxy) is 2. The SMILES string of the molecule is CN1C(=O)C(NC(=O)c2cc(Oc3ccccc3)ccn2)COc2ccc(C#CC(C)(C)N)cc21. The summed E-state index contributed by atoms with van der Waals surface area (Å²) in [5.41, 5.74) is 6.68. The second-order valence-corrected chi connectivity index (χ2v) is 8.68. The monoisotopic (exact) mass is 470 g/mol. The van der Waals surface area contributed by atoms with Crippen LogP contribution in [0.5, 0.6) is 17.2 Å². The van der Waals surface area contributed by atoms with E-state index in [1.54, 1.807) is 31.3 Å². The van der Waals surface area contributed by atoms with Crippen molar-refractivity contribution in [1.29, 1.82) is 0 Å². The lowest BCUT2D eigenvalue weighted by molar-refractivity contribution is -0.120. The Bertz CT molecular complexity index is 1310. The number of rotatable bonds is 4. The van der Waals surface area contributed by atoms with Gasteiger partial charge in [-0.25, -0.2) is 0 Å². The van der Waals surface area contributed by atoms with Crippen molar-refractivity contribution in [3.05, 3.63) is 78.1 Å². The van der Waals surface area contributed by atoms with E-state index < -0.39 is 17.5 Å². The number of benzene rings is 2. The molecule has 0 radical (unpaired) electrons. The standard InChI is InChI=1S/C27H26N4O4/c1-27(2,28)13-11-18-9-10-24-23(15-18)31(3)26(33)22(17-34-24)30-25(32)21-16-20(12-14-29-21)35-19-7-5-4-6-8-19/h4-10,12,14-16,22H,17,28H2,1-3H3,(H,30,32). The number of carbonyl (C=O) groups is 2. The molecule has 1 aromatic heterocycles. The Kier molecular flexibility index (Phi) is 6.71. The third-order valence-electron chi connectivity index (χ3n) is 5.13. The molecule has 35 heavy (non-hydrogen) atoms. The summed E-state index contributed by atoms with van der Waals surface area (Å²) in [6.45, 7) is 3.60. The van der Waals surface area contributed by atoms with Crippen LogP contribution in [0.2, 0.25) is 0 Å². The molecule has 2 aromatic carbocycles. The van der Waals surface area contributed by atoms with Crippen molar-refractivity contribution < 1.29 is 19.1 Å². The van der Waals surface area contributed by atoms with Crippen LogP contribution in [0.25, 0.3) is 0 Å². The molecule has 3 N–H and O–H groups in total. The summed E-state index contributed by atoms with van der Waals surface area (Å²) in [5.74, 6) is 6.77. The number of nitrogens with zero attached hydrogens (tertiary/aromatic N) is 2. The van der Waals surface area contributed by atoms with Crippen LogP contribution in [-0.4, -0.2) is 42.0 Å². The van der Waals surface area contributed by atoms with Crippen molar-refractivity contribution in [2.45, 2.75) is 25.4 Å². The summed E-state index contributed by atoms with van der Waals surface area (Å²) in [5, 5.41) is 2.72. The van der Waals surface area contributed by atoms with Gasteiger partial charge < -0.3 is 25.4 Å². The van der Waals surface area contributed by atoms with Gasteiger partial charge in [0.2, 0.25) is 0 Å². The highest BCUT2D eigenvalue weighted by Crippen LogP contribution is 2.31. The van der Waals surface area contributed by atoms with Crippen LogP contribution in [-0.2, 0) is 4.79 Å². The number of nitrogens with one attached hydrogen (secondary N) is 1. The number of fused-ring (bicyclic) bond motifs is 1. The lowest BCUT2D eigenvalue weighted by atomic mass is 10.1. The highest BCUT2D eigenvalue weighted by atomic mass is 16.5. The van der Waals surface area contributed by atoms with Gasteiger partial charge in [-0.05, 0) is 50.2 Å². The molecule has 178 valence electrons. The fraction of sp³-hybridized carbons (Fsp3) is 0.222. The Morgan fingerprint density at radius 2 is 1.94 bits per heavy atom. The number of carbonyl (C=O) groups excluding carboxylic acids is 2. The van der Waals surface area contributed by atoms with E-state index in [9.17, 15) is 9.59 Å². The zero-order chi connectivity index (χ0) is 25.0. The molecule has 4 rings (SSSR count). The van der Waals surface area contributed by atoms with Gasteiger partial charge in [-0.2, -0.15) is 0 Å². The molecule has 2 heterocycles. The largest absolute Gasteiger partial charge is 0.489 e. The number of amides is 2. The molecule has 0 saturated carbocycles. The van der Waals surface area contributed by atoms with Crippen LogP contribution in [0.15, 0.2) is 66.9 Å². The van der Waals surface area contributed by atoms with Gasteiger partial charge in [0.1, 0.15) is 35.6 Å². The van der Waals surface area contributed by atoms with Gasteiger partial charge >= 0.3 is 0 Å². The Morgan fingerprint density at radius 3 is 2.69 bits per heavy atom. The van der Waals surface area contributed by atoms with Crippen LogP contribution >= 0.6 is 0 Å². The first kappa shape index (κ1) is 23.8. The van der Waals surface area contributed by atoms with E-state index in [0.717, 1.165) is 0 Å². The molecule has 8 nitrogen and oxygen atoms in total. The average Bonchev–Trinajstić information content (AvgIpc) is 2.95. The zero-order valence-electron chi connectivity index (χ0n) is 19.7. The van der Waals surface area contributed by atoms with Crippen molar-refractivity contribution in [3.8, 4) is 29.1 Å². The smallest absolute Gasteiger partial charge is 0.270 e. The molecule has 0 aliphatic carbocycles. The van der Waals surface area contributed by atoms with Gasteiger partial charge in [-0.15, -0.1) is 0 Å². The molecule has 1 aliphatic heterocycles. The van der Waals surface area contributed by atoms with E-state index in [4.69, 9.17) is 15.2 Å². The molecule has 0 bridgehead atoms. The number of pyridine rings is 1. The van der Waals surface area contributed by atoms with Crippen LogP contribution in [0, 0.1) is 11.8 Å². The molecule has 0 fully saturated rings. The molecular formula is C27H26N4O4. The van der Waals surface area contributed by atoms with E-state index in [2.05, 4.69) is 22.1 Å². The topological polar surface area (TPSA) is 107 Å². The van der Waals surface area contributed by atoms with Gasteiger partial charge in [0.25, 0.3) is 11.8 Å². The van der Waals surface area contributed by atoms with E-state index >= 15 is 0 Å². The van der Waals surface area contributed by atoms with Crippen molar-refractivity contribution in [2.75, 3.05) is 18.6 Å². The first-order chi connectivity index (χ1) is 16.7. The quantitative estimate of drug-likeness (QED) is 0.568. The zero-order valence-corrected chi connectivity index (χ0v) is 19.7. The first-order valence-corrected chi connectivity index (χ1v) is 11.1. The Labute approximate surface area is 204 Å². The minimum absolute atomic E-state index is 0.0248. The van der Waals surface area contributed by atoms with E-state index in [1.807, 2.05) is 44.2 Å². The normalized spacial score (nSPS) is 15.1. The van der Waals surface area contributed by atoms with Crippen LogP contribution < -0.4 is 25.4 Å². The maximum atomic E-state index is 13.1. The molecule has 0 saturated heterocycles. The lowest BCUT2D eigenvalue weighted by Crippen LogP contribution is -2.49. The van der Waals surface area contributed by atoms with Crippen molar-refractivity contribution in [3.63, 3.8) is 0 Å². The Balaban J connectivity index is 1.48. The van der Waals surface area contributed by atoms with E-state index in [-0.39, 0.29) is 18.2 Å². The van der Waals surface area contributed by atoms with Crippen molar-refractivity contribution in [1.82, 2.24) is 10.3 Å². The van der Waals surface area contributed by atoms with Gasteiger partial charge in [-0.1, -0.05) is 30.0 Å². The molecule has 0 spiro atoms. The summed E-state index contributed by atoms with van der Waals surface area (Å²) < 4.78 is 11.6. The van der Waals surface area contributed by atoms with Crippen molar-refractivity contribution in [2.24, 2.45) is 5.73 Å². The highest BCUT2D eigenvalue weighted by Gasteiger charge is 2.31. The van der Waals surface area contributed by atoms with Crippen LogP contribution in [0.3, 0.4) is 0 Å². The second-order valence-electron chi connectivity index (χ2n) is 8.68. The number of hydrogen-bond acceptors (Lipinski definition) is 6. The third kappa shape index (κ3) is 5.96. The minimum Gasteiger partial charge on any atom is -0.489 e. The molecule has 1 unspecified atom stereocenters. The summed E-state index contributed by atoms with van der Waals surface area (Å²) in [6.07, 6.45) is 1.48. The minimum atomic E-state index is -0.905. The highest BCUT2D eigenvalue weighted by molar-refractivity contribution is 6.03. The Hall–Kier alpha value is -4.35. The van der Waals surface area contributed by atoms with Gasteiger partial charge in [0, 0.05) is 24.9 Å². The first-order valence-electron chi connectivity index (χ1n) is 11.1. The number of likely N-dealkylation sites (N-methyl/N-ethyl adjacent to an activating group) is 1. The van der Waals surface area contributed by atoms with Gasteiger partial charge in [0.05, 0.1) is 11.2 Å². The van der Waals surface area contributed by atoms with E-state index in [0.29, 0.717) is 28.5 Å². The number of nitrogens with two attached hydrogens (primary N) is 1. The fourth-order valence-corrected chi connectivity index (χ4v) is 3.37. The molecular weight excluding hydrogens is 444 g/mol. The van der Waals surface area contributed by atoms with Gasteiger partial charge in [-0.3, -0.25) is 14.6 Å². The lowest BCUT2D eigenvalue weighted by Gasteiger charge is -2.20. The van der Waals surface area contributed by atoms with Gasteiger partial charge in [0.15, 0.2) is 0 Å². The summed E-state index contributed by atoms with van der Waals surface area (Å²) in [4.78, 5) is 31.6. The van der Waals surface area contributed by atoms with Crippen LogP contribution in [0.1, 0.15) is 29.9 Å². The second kappa shape index (κ2) is 9.87. The average molecular weight is 471 g/mol. The molecule has 8 heteroatoms. The maximum Gasteiger partial charge on any atom is 0.270 e. The molecule has 2 amide bonds. The number of hydrogen-bond donors (Lipinski definition) is 2. The number of anilines is 1. The predicted octanol–water partition coefficient (Wildman–Crippen LogP) is 3.12. The number of aromatic nitrogens is 1. The third-order valence-corrected chi connectivity index (χ3v) is 5.13. The summed E-state index contributed by atoms with van der Waals surface area (Å²) in [6, 6.07) is 16.8. The van der Waals surface area contributed by atoms with E-state index in [1.165, 1.54) is 17.2 Å².